The summed E-state index contributed by atoms with van der Waals surface area (Å²) in [5, 5.41) is 0. The molecule has 0 saturated heterocycles. The van der Waals surface area contributed by atoms with Crippen molar-refractivity contribution < 1.29 is 21.5 Å². The summed E-state index contributed by atoms with van der Waals surface area (Å²) in [7, 11) is 0. The first-order valence-corrected chi connectivity index (χ1v) is 2.43. The normalized spacial score (nSPS) is 8.22. The van der Waals surface area contributed by atoms with Gasteiger partial charge in [-0.3, -0.25) is 0 Å². The van der Waals surface area contributed by atoms with Crippen LogP contribution < -0.4 is 0 Å². The summed E-state index contributed by atoms with van der Waals surface area (Å²) in [6.45, 7) is 1.71. The number of aryl methyl sites for hydroxylation is 1. The quantitative estimate of drug-likeness (QED) is 0.415. The Morgan fingerprint density at radius 3 is 2.56 bits per heavy atom. The van der Waals surface area contributed by atoms with Crippen LogP contribution in [0.3, 0.4) is 0 Å². The molecule has 0 bridgehead atoms. The molecule has 0 heterocycles. The second-order valence-electron chi connectivity index (χ2n) is 1.68. The summed E-state index contributed by atoms with van der Waals surface area (Å²) < 4.78 is 12.3. The third-order valence-electron chi connectivity index (χ3n) is 1.00. The van der Waals surface area contributed by atoms with E-state index in [0.29, 0.717) is 5.56 Å². The molecule has 0 N–H and O–H groups in total. The summed E-state index contributed by atoms with van der Waals surface area (Å²) in [4.78, 5) is 0. The van der Waals surface area contributed by atoms with Crippen molar-refractivity contribution in [3.8, 4) is 0 Å². The van der Waals surface area contributed by atoms with Gasteiger partial charge in [0.1, 0.15) is 0 Å². The van der Waals surface area contributed by atoms with Crippen LogP contribution in [0.25, 0.3) is 0 Å². The maximum atomic E-state index is 12.3. The van der Waals surface area contributed by atoms with E-state index in [0.717, 1.165) is 0 Å². The molecule has 0 nitrogen and oxygen atoms in total. The number of hydrogen-bond donors (Lipinski definition) is 0. The maximum absolute atomic E-state index is 12.3. The minimum Gasteiger partial charge on any atom is -0.235 e. The predicted octanol–water partition coefficient (Wildman–Crippen LogP) is 1.93. The van der Waals surface area contributed by atoms with Gasteiger partial charge >= 0.3 is 17.1 Å². The molecule has 0 amide bonds. The molecule has 1 aromatic rings. The Hall–Kier alpha value is -0.331. The van der Waals surface area contributed by atoms with E-state index in [-0.39, 0.29) is 22.9 Å². The van der Waals surface area contributed by atoms with Crippen molar-refractivity contribution in [2.75, 3.05) is 0 Å². The molecular weight excluding hydrogens is 167 g/mol. The fourth-order valence-electron chi connectivity index (χ4n) is 0.495. The topological polar surface area (TPSA) is 0 Å². The number of benzene rings is 1. The molecule has 0 aromatic heterocycles. The molecule has 9 heavy (non-hydrogen) atoms. The Kier molecular flexibility index (Phi) is 3.51. The van der Waals surface area contributed by atoms with E-state index in [2.05, 4.69) is 6.07 Å². The van der Waals surface area contributed by atoms with E-state index in [1.165, 1.54) is 6.07 Å². The van der Waals surface area contributed by atoms with Gasteiger partial charge in [-0.2, -0.15) is 18.2 Å². The van der Waals surface area contributed by atoms with Crippen molar-refractivity contribution in [2.45, 2.75) is 6.92 Å². The first-order valence-electron chi connectivity index (χ1n) is 2.43. The average Bonchev–Trinajstić information content (AvgIpc) is 1.77. The zero-order valence-electron chi connectivity index (χ0n) is 4.91. The molecule has 0 atom stereocenters. The Bertz CT molecular complexity index is 165. The molecule has 0 aliphatic rings. The smallest absolute Gasteiger partial charge is 0.235 e. The van der Waals surface area contributed by atoms with Crippen molar-refractivity contribution in [3.05, 3.63) is 35.6 Å². The molecule has 0 unspecified atom stereocenters. The van der Waals surface area contributed by atoms with E-state index in [1.54, 1.807) is 19.1 Å². The van der Waals surface area contributed by atoms with Crippen LogP contribution in [0.15, 0.2) is 18.2 Å². The fourth-order valence-corrected chi connectivity index (χ4v) is 0.495. The number of hydrogen-bond acceptors (Lipinski definition) is 0. The van der Waals surface area contributed by atoms with E-state index in [4.69, 9.17) is 0 Å². The minimum absolute atomic E-state index is 0. The molecule has 0 aliphatic carbocycles. The number of halogens is 1. The maximum Gasteiger partial charge on any atom is 1.00 e. The number of rotatable bonds is 0. The zero-order chi connectivity index (χ0) is 5.98. The molecule has 1 rings (SSSR count). The van der Waals surface area contributed by atoms with Crippen LogP contribution in [-0.2, 0) is 17.1 Å². The van der Waals surface area contributed by atoms with E-state index < -0.39 is 0 Å². The van der Waals surface area contributed by atoms with Gasteiger partial charge in [-0.05, 0) is 0 Å². The summed E-state index contributed by atoms with van der Waals surface area (Å²) in [5.41, 5.74) is 0.646. The van der Waals surface area contributed by atoms with Gasteiger partial charge in [-0.1, -0.05) is 6.92 Å². The van der Waals surface area contributed by atoms with Crippen LogP contribution in [0.5, 0.6) is 0 Å². The monoisotopic (exact) mass is 172 g/mol. The van der Waals surface area contributed by atoms with Crippen LogP contribution in [0.4, 0.5) is 4.39 Å². The molecule has 0 aliphatic heterocycles. The Balaban J connectivity index is 0.000000640. The van der Waals surface area contributed by atoms with Crippen molar-refractivity contribution in [1.29, 1.82) is 0 Å². The third-order valence-corrected chi connectivity index (χ3v) is 1.00. The van der Waals surface area contributed by atoms with Crippen molar-refractivity contribution >= 4 is 0 Å². The van der Waals surface area contributed by atoms with Crippen LogP contribution in [0, 0.1) is 18.8 Å². The van der Waals surface area contributed by atoms with Crippen molar-refractivity contribution in [1.82, 2.24) is 0 Å². The molecule has 1 aromatic carbocycles. The zero-order valence-corrected chi connectivity index (χ0v) is 5.85. The van der Waals surface area contributed by atoms with Crippen LogP contribution in [0.1, 0.15) is 5.56 Å². The second-order valence-corrected chi connectivity index (χ2v) is 1.68. The largest absolute Gasteiger partial charge is 1.00 e. The molecule has 0 radical (unpaired) electrons. The van der Waals surface area contributed by atoms with E-state index >= 15 is 0 Å². The van der Waals surface area contributed by atoms with Crippen LogP contribution >= 0.6 is 0 Å². The van der Waals surface area contributed by atoms with Gasteiger partial charge in [0.2, 0.25) is 0 Å². The van der Waals surface area contributed by atoms with Gasteiger partial charge in [0.25, 0.3) is 0 Å². The summed E-state index contributed by atoms with van der Waals surface area (Å²) in [5.74, 6) is -0.163. The Morgan fingerprint density at radius 2 is 2.22 bits per heavy atom. The standard InChI is InChI=1S/C7H6F.Cu/c1-6-4-2-3-5-7(6)8;/h3-5H,1H3;/q-1;+1. The summed E-state index contributed by atoms with van der Waals surface area (Å²) in [6, 6.07) is 7.34. The summed E-state index contributed by atoms with van der Waals surface area (Å²) >= 11 is 0. The van der Waals surface area contributed by atoms with Gasteiger partial charge in [0.15, 0.2) is 0 Å². The molecule has 0 fully saturated rings. The fraction of sp³-hybridized carbons (Fsp3) is 0.143. The van der Waals surface area contributed by atoms with Gasteiger partial charge in [0, 0.05) is 5.82 Å². The Labute approximate surface area is 64.6 Å². The van der Waals surface area contributed by atoms with E-state index in [1.807, 2.05) is 0 Å². The average molecular weight is 173 g/mol. The molecule has 52 valence electrons. The van der Waals surface area contributed by atoms with Crippen LogP contribution in [-0.4, -0.2) is 0 Å². The minimum atomic E-state index is -0.163. The predicted molar refractivity (Wildman–Crippen MR) is 30.0 cm³/mol. The molecule has 0 spiro atoms. The van der Waals surface area contributed by atoms with Gasteiger partial charge in [-0.15, -0.1) is 11.6 Å². The van der Waals surface area contributed by atoms with E-state index in [9.17, 15) is 4.39 Å². The van der Waals surface area contributed by atoms with Crippen molar-refractivity contribution in [3.63, 3.8) is 0 Å². The van der Waals surface area contributed by atoms with Gasteiger partial charge < -0.3 is 0 Å². The molecular formula is C7H6CuF. The van der Waals surface area contributed by atoms with Crippen LogP contribution in [0.2, 0.25) is 0 Å². The third kappa shape index (κ3) is 2.17. The second kappa shape index (κ2) is 3.65. The molecule has 0 saturated carbocycles. The SMILES string of the molecule is Cc1c[c-]ccc1F.[Cu+]. The Morgan fingerprint density at radius 1 is 1.56 bits per heavy atom. The van der Waals surface area contributed by atoms with Crippen molar-refractivity contribution in [2.24, 2.45) is 0 Å². The van der Waals surface area contributed by atoms with Gasteiger partial charge in [-0.25, -0.2) is 4.39 Å². The molecule has 2 heteroatoms. The summed E-state index contributed by atoms with van der Waals surface area (Å²) in [6.07, 6.45) is 0. The van der Waals surface area contributed by atoms with Gasteiger partial charge in [0.05, 0.1) is 0 Å². The first kappa shape index (κ1) is 8.67. The first-order chi connectivity index (χ1) is 3.80.